The normalized spacial score (nSPS) is 25.8. The van der Waals surface area contributed by atoms with E-state index in [9.17, 15) is 0 Å². The third-order valence-corrected chi connectivity index (χ3v) is 3.67. The Kier molecular flexibility index (Phi) is 3.49. The molecular formula is C13H19N3O. The van der Waals surface area contributed by atoms with Gasteiger partial charge in [-0.25, -0.2) is 0 Å². The van der Waals surface area contributed by atoms with Crippen molar-refractivity contribution in [1.29, 1.82) is 5.26 Å². The predicted molar refractivity (Wildman–Crippen MR) is 64.3 cm³/mol. The quantitative estimate of drug-likeness (QED) is 0.871. The average molecular weight is 233 g/mol. The van der Waals surface area contributed by atoms with Gasteiger partial charge in [0.05, 0.1) is 17.7 Å². The molecule has 4 heteroatoms. The molecule has 1 aliphatic carbocycles. The molecule has 1 N–H and O–H groups in total. The molecule has 1 fully saturated rings. The van der Waals surface area contributed by atoms with E-state index in [1.807, 2.05) is 13.8 Å². The van der Waals surface area contributed by atoms with Crippen molar-refractivity contribution in [3.63, 3.8) is 0 Å². The van der Waals surface area contributed by atoms with E-state index in [-0.39, 0.29) is 12.0 Å². The molecule has 1 heterocycles. The molecule has 3 unspecified atom stereocenters. The van der Waals surface area contributed by atoms with Crippen LogP contribution in [0, 0.1) is 31.1 Å². The number of nitrogens with one attached hydrogen (secondary N) is 1. The third-order valence-electron chi connectivity index (χ3n) is 3.67. The summed E-state index contributed by atoms with van der Waals surface area (Å²) in [5.74, 6) is 1.02. The van der Waals surface area contributed by atoms with Crippen molar-refractivity contribution >= 4 is 0 Å². The van der Waals surface area contributed by atoms with Crippen LogP contribution in [0.3, 0.4) is 0 Å². The molecule has 0 aliphatic heterocycles. The molecule has 3 atom stereocenters. The van der Waals surface area contributed by atoms with Crippen LogP contribution in [-0.4, -0.2) is 11.2 Å². The Morgan fingerprint density at radius 2 is 2.24 bits per heavy atom. The van der Waals surface area contributed by atoms with Crippen molar-refractivity contribution in [1.82, 2.24) is 10.5 Å². The summed E-state index contributed by atoms with van der Waals surface area (Å²) >= 11 is 0. The molecule has 0 spiro atoms. The summed E-state index contributed by atoms with van der Waals surface area (Å²) in [6, 6.07) is 2.90. The van der Waals surface area contributed by atoms with Crippen molar-refractivity contribution < 1.29 is 4.52 Å². The van der Waals surface area contributed by atoms with Crippen LogP contribution < -0.4 is 5.32 Å². The maximum Gasteiger partial charge on any atom is 0.138 e. The molecule has 4 nitrogen and oxygen atoms in total. The Hall–Kier alpha value is -1.34. The van der Waals surface area contributed by atoms with Crippen molar-refractivity contribution in [2.24, 2.45) is 5.92 Å². The summed E-state index contributed by atoms with van der Waals surface area (Å²) < 4.78 is 5.18. The first-order chi connectivity index (χ1) is 8.13. The van der Waals surface area contributed by atoms with Crippen molar-refractivity contribution in [3.05, 3.63) is 17.0 Å². The second-order valence-corrected chi connectivity index (χ2v) is 4.90. The minimum absolute atomic E-state index is 0.151. The summed E-state index contributed by atoms with van der Waals surface area (Å²) in [4.78, 5) is 0. The number of nitriles is 1. The SMILES string of the molecule is Cc1noc(C)c1C(C)NC1CCCC1C#N. The first-order valence-corrected chi connectivity index (χ1v) is 6.22. The fourth-order valence-electron chi connectivity index (χ4n) is 2.83. The van der Waals surface area contributed by atoms with Gasteiger partial charge in [0.15, 0.2) is 0 Å². The maximum absolute atomic E-state index is 9.07. The number of nitrogens with zero attached hydrogens (tertiary/aromatic N) is 2. The summed E-state index contributed by atoms with van der Waals surface area (Å²) in [6.45, 7) is 6.00. The van der Waals surface area contributed by atoms with Gasteiger partial charge in [0, 0.05) is 17.6 Å². The van der Waals surface area contributed by atoms with Crippen LogP contribution in [-0.2, 0) is 0 Å². The fourth-order valence-corrected chi connectivity index (χ4v) is 2.83. The van der Waals surface area contributed by atoms with E-state index < -0.39 is 0 Å². The van der Waals surface area contributed by atoms with Crippen molar-refractivity contribution in [3.8, 4) is 6.07 Å². The molecule has 0 aromatic carbocycles. The highest BCUT2D eigenvalue weighted by Crippen LogP contribution is 2.29. The highest BCUT2D eigenvalue weighted by Gasteiger charge is 2.29. The maximum atomic E-state index is 9.07. The second kappa shape index (κ2) is 4.89. The van der Waals surface area contributed by atoms with Crippen LogP contribution in [0.4, 0.5) is 0 Å². The Labute approximate surface area is 102 Å². The van der Waals surface area contributed by atoms with Crippen LogP contribution in [0.25, 0.3) is 0 Å². The Morgan fingerprint density at radius 3 is 2.82 bits per heavy atom. The van der Waals surface area contributed by atoms with Gasteiger partial charge in [-0.15, -0.1) is 0 Å². The molecule has 2 rings (SSSR count). The second-order valence-electron chi connectivity index (χ2n) is 4.90. The molecule has 0 amide bonds. The van der Waals surface area contributed by atoms with E-state index in [0.29, 0.717) is 6.04 Å². The van der Waals surface area contributed by atoms with Crippen molar-refractivity contribution in [2.45, 2.75) is 52.1 Å². The molecule has 92 valence electrons. The van der Waals surface area contributed by atoms with Crippen LogP contribution in [0.1, 0.15) is 49.2 Å². The minimum Gasteiger partial charge on any atom is -0.361 e. The predicted octanol–water partition coefficient (Wildman–Crippen LogP) is 2.63. The van der Waals surface area contributed by atoms with Crippen LogP contribution in [0.15, 0.2) is 4.52 Å². The number of rotatable bonds is 3. The van der Waals surface area contributed by atoms with E-state index >= 15 is 0 Å². The minimum atomic E-state index is 0.151. The number of aryl methyl sites for hydroxylation is 2. The molecule has 1 aromatic heterocycles. The van der Waals surface area contributed by atoms with Gasteiger partial charge >= 0.3 is 0 Å². The van der Waals surface area contributed by atoms with E-state index in [2.05, 4.69) is 23.5 Å². The monoisotopic (exact) mass is 233 g/mol. The summed E-state index contributed by atoms with van der Waals surface area (Å²) in [6.07, 6.45) is 3.25. The zero-order chi connectivity index (χ0) is 12.4. The van der Waals surface area contributed by atoms with Gasteiger partial charge in [-0.05, 0) is 33.6 Å². The zero-order valence-corrected chi connectivity index (χ0v) is 10.7. The lowest BCUT2D eigenvalue weighted by Gasteiger charge is -2.21. The average Bonchev–Trinajstić information content (AvgIpc) is 2.85. The lowest BCUT2D eigenvalue weighted by atomic mass is 10.0. The van der Waals surface area contributed by atoms with Crippen molar-refractivity contribution in [2.75, 3.05) is 0 Å². The fraction of sp³-hybridized carbons (Fsp3) is 0.692. The van der Waals surface area contributed by atoms with Gasteiger partial charge < -0.3 is 9.84 Å². The van der Waals surface area contributed by atoms with Gasteiger partial charge in [-0.3, -0.25) is 0 Å². The van der Waals surface area contributed by atoms with Gasteiger partial charge in [0.1, 0.15) is 5.76 Å². The largest absolute Gasteiger partial charge is 0.361 e. The van der Waals surface area contributed by atoms with Gasteiger partial charge in [0.25, 0.3) is 0 Å². The highest BCUT2D eigenvalue weighted by atomic mass is 16.5. The zero-order valence-electron chi connectivity index (χ0n) is 10.7. The van der Waals surface area contributed by atoms with E-state index in [1.54, 1.807) is 0 Å². The molecule has 1 aromatic rings. The molecule has 0 bridgehead atoms. The number of aromatic nitrogens is 1. The Balaban J connectivity index is 2.07. The molecular weight excluding hydrogens is 214 g/mol. The van der Waals surface area contributed by atoms with E-state index in [1.165, 1.54) is 0 Å². The molecule has 17 heavy (non-hydrogen) atoms. The Morgan fingerprint density at radius 1 is 1.47 bits per heavy atom. The summed E-state index contributed by atoms with van der Waals surface area (Å²) in [7, 11) is 0. The molecule has 0 saturated heterocycles. The van der Waals surface area contributed by atoms with E-state index in [4.69, 9.17) is 9.78 Å². The number of hydrogen-bond acceptors (Lipinski definition) is 4. The first kappa shape index (κ1) is 12.1. The van der Waals surface area contributed by atoms with Gasteiger partial charge in [-0.2, -0.15) is 5.26 Å². The smallest absolute Gasteiger partial charge is 0.138 e. The Bertz CT molecular complexity index is 413. The summed E-state index contributed by atoms with van der Waals surface area (Å²) in [5.41, 5.74) is 2.07. The highest BCUT2D eigenvalue weighted by molar-refractivity contribution is 5.24. The molecule has 1 aliphatic rings. The van der Waals surface area contributed by atoms with Gasteiger partial charge in [-0.1, -0.05) is 11.6 Å². The standard InChI is InChI=1S/C13H19N3O/c1-8(13-9(2)16-17-10(13)3)15-12-6-4-5-11(12)7-14/h8,11-12,15H,4-6H2,1-3H3. The van der Waals surface area contributed by atoms with Gasteiger partial charge in [0.2, 0.25) is 0 Å². The lowest BCUT2D eigenvalue weighted by Crippen LogP contribution is -2.34. The van der Waals surface area contributed by atoms with Crippen LogP contribution in [0.5, 0.6) is 0 Å². The number of hydrogen-bond donors (Lipinski definition) is 1. The molecule has 1 saturated carbocycles. The molecule has 0 radical (unpaired) electrons. The van der Waals surface area contributed by atoms with E-state index in [0.717, 1.165) is 36.3 Å². The topological polar surface area (TPSA) is 61.9 Å². The summed E-state index contributed by atoms with van der Waals surface area (Å²) in [5, 5.41) is 16.6. The van der Waals surface area contributed by atoms with Crippen LogP contribution in [0.2, 0.25) is 0 Å². The van der Waals surface area contributed by atoms with Crippen LogP contribution >= 0.6 is 0 Å². The lowest BCUT2D eigenvalue weighted by molar-refractivity contribution is 0.385. The third kappa shape index (κ3) is 2.34. The first-order valence-electron chi connectivity index (χ1n) is 6.22.